The van der Waals surface area contributed by atoms with E-state index in [4.69, 9.17) is 0 Å². The molecule has 0 spiro atoms. The minimum atomic E-state index is -3.04. The van der Waals surface area contributed by atoms with Gasteiger partial charge in [0.15, 0.2) is 0 Å². The van der Waals surface area contributed by atoms with Gasteiger partial charge in [0.2, 0.25) is 10.0 Å². The Labute approximate surface area is 91.4 Å². The Morgan fingerprint density at radius 2 is 2.13 bits per heavy atom. The summed E-state index contributed by atoms with van der Waals surface area (Å²) < 4.78 is 24.2. The summed E-state index contributed by atoms with van der Waals surface area (Å²) in [4.78, 5) is 0. The van der Waals surface area contributed by atoms with Crippen LogP contribution in [0.15, 0.2) is 12.2 Å². The van der Waals surface area contributed by atoms with Crippen molar-refractivity contribution in [2.45, 2.75) is 44.4 Å². The molecule has 0 aliphatic carbocycles. The lowest BCUT2D eigenvalue weighted by molar-refractivity contribution is 0.485. The number of unbranched alkanes of at least 4 members (excludes halogenated alkanes) is 1. The summed E-state index contributed by atoms with van der Waals surface area (Å²) in [6, 6.07) is 0.413. The molecule has 4 atom stereocenters. The molecule has 4 nitrogen and oxygen atoms in total. The van der Waals surface area contributed by atoms with Crippen molar-refractivity contribution in [3.8, 4) is 0 Å². The lowest BCUT2D eigenvalue weighted by atomic mass is 10.1. The summed E-state index contributed by atoms with van der Waals surface area (Å²) in [5, 5.41) is 3.34. The molecule has 0 aromatic rings. The maximum atomic E-state index is 11.3. The molecule has 4 unspecified atom stereocenters. The SMILES string of the molecule is CCCCC1C=CC2C(N1)N2S(C)(=O)=O. The number of sulfonamides is 1. The van der Waals surface area contributed by atoms with Crippen LogP contribution in [0.1, 0.15) is 26.2 Å². The molecule has 2 heterocycles. The first kappa shape index (κ1) is 11.1. The van der Waals surface area contributed by atoms with E-state index < -0.39 is 10.0 Å². The van der Waals surface area contributed by atoms with Gasteiger partial charge in [-0.05, 0) is 6.42 Å². The van der Waals surface area contributed by atoms with Gasteiger partial charge >= 0.3 is 0 Å². The van der Waals surface area contributed by atoms with Crippen LogP contribution in [0.2, 0.25) is 0 Å². The quantitative estimate of drug-likeness (QED) is 0.570. The first-order chi connectivity index (χ1) is 7.04. The number of hydrogen-bond acceptors (Lipinski definition) is 3. The molecule has 1 fully saturated rings. The molecular weight excluding hydrogens is 212 g/mol. The van der Waals surface area contributed by atoms with E-state index in [1.54, 1.807) is 0 Å². The third-order valence-electron chi connectivity index (χ3n) is 2.98. The largest absolute Gasteiger partial charge is 0.293 e. The Hall–Kier alpha value is -0.390. The van der Waals surface area contributed by atoms with Gasteiger partial charge in [0.1, 0.15) is 0 Å². The molecule has 1 saturated heterocycles. The van der Waals surface area contributed by atoms with Crippen LogP contribution in [-0.4, -0.2) is 37.2 Å². The van der Waals surface area contributed by atoms with Crippen LogP contribution in [0.3, 0.4) is 0 Å². The highest BCUT2D eigenvalue weighted by Gasteiger charge is 2.53. The van der Waals surface area contributed by atoms with Crippen LogP contribution >= 0.6 is 0 Å². The third-order valence-corrected chi connectivity index (χ3v) is 4.22. The van der Waals surface area contributed by atoms with Crippen molar-refractivity contribution in [2.24, 2.45) is 0 Å². The summed E-state index contributed by atoms with van der Waals surface area (Å²) in [7, 11) is -3.04. The van der Waals surface area contributed by atoms with E-state index in [1.807, 2.05) is 6.08 Å². The first-order valence-electron chi connectivity index (χ1n) is 5.47. The topological polar surface area (TPSA) is 49.2 Å². The predicted octanol–water partition coefficient (Wildman–Crippen LogP) is 0.674. The number of rotatable bonds is 4. The molecule has 0 radical (unpaired) electrons. The van der Waals surface area contributed by atoms with Crippen LogP contribution < -0.4 is 5.32 Å². The van der Waals surface area contributed by atoms with E-state index in [9.17, 15) is 8.42 Å². The summed E-state index contributed by atoms with van der Waals surface area (Å²) >= 11 is 0. The van der Waals surface area contributed by atoms with Crippen molar-refractivity contribution in [1.82, 2.24) is 9.62 Å². The Balaban J connectivity index is 1.93. The highest BCUT2D eigenvalue weighted by molar-refractivity contribution is 7.88. The van der Waals surface area contributed by atoms with Crippen molar-refractivity contribution in [3.05, 3.63) is 12.2 Å². The maximum Gasteiger partial charge on any atom is 0.213 e. The number of fused-ring (bicyclic) bond motifs is 1. The molecule has 0 saturated carbocycles. The summed E-state index contributed by atoms with van der Waals surface area (Å²) in [5.74, 6) is 0. The minimum Gasteiger partial charge on any atom is -0.293 e. The Morgan fingerprint density at radius 3 is 2.73 bits per heavy atom. The zero-order valence-corrected chi connectivity index (χ0v) is 10.00. The Kier molecular flexibility index (Phi) is 2.87. The van der Waals surface area contributed by atoms with Crippen LogP contribution in [0.4, 0.5) is 0 Å². The zero-order valence-electron chi connectivity index (χ0n) is 9.18. The monoisotopic (exact) mass is 230 g/mol. The highest BCUT2D eigenvalue weighted by Crippen LogP contribution is 2.34. The lowest BCUT2D eigenvalue weighted by Gasteiger charge is -2.16. The molecule has 0 aromatic heterocycles. The second kappa shape index (κ2) is 3.88. The summed E-state index contributed by atoms with van der Waals surface area (Å²) in [6.45, 7) is 2.16. The van der Waals surface area contributed by atoms with E-state index in [2.05, 4.69) is 18.3 Å². The Morgan fingerprint density at radius 1 is 1.40 bits per heavy atom. The van der Waals surface area contributed by atoms with Gasteiger partial charge in [0.25, 0.3) is 0 Å². The van der Waals surface area contributed by atoms with E-state index in [0.717, 1.165) is 6.42 Å². The Bertz CT molecular complexity index is 364. The van der Waals surface area contributed by atoms with Crippen molar-refractivity contribution < 1.29 is 8.42 Å². The van der Waals surface area contributed by atoms with Gasteiger partial charge < -0.3 is 0 Å². The van der Waals surface area contributed by atoms with Gasteiger partial charge in [-0.15, -0.1) is 0 Å². The molecule has 1 N–H and O–H groups in total. The molecule has 0 amide bonds. The molecule has 86 valence electrons. The van der Waals surface area contributed by atoms with Crippen molar-refractivity contribution in [3.63, 3.8) is 0 Å². The van der Waals surface area contributed by atoms with Crippen molar-refractivity contribution in [1.29, 1.82) is 0 Å². The molecule has 2 rings (SSSR count). The molecule has 0 bridgehead atoms. The van der Waals surface area contributed by atoms with Crippen molar-refractivity contribution in [2.75, 3.05) is 6.26 Å². The molecule has 2 aliphatic heterocycles. The fourth-order valence-corrected chi connectivity index (χ4v) is 3.32. The van der Waals surface area contributed by atoms with Gasteiger partial charge in [0, 0.05) is 6.04 Å². The number of nitrogens with zero attached hydrogens (tertiary/aromatic N) is 1. The fourth-order valence-electron chi connectivity index (χ4n) is 2.14. The second-order valence-electron chi connectivity index (χ2n) is 4.33. The molecule has 0 aromatic carbocycles. The van der Waals surface area contributed by atoms with Gasteiger partial charge in [0.05, 0.1) is 18.5 Å². The minimum absolute atomic E-state index is 0.0202. The molecular formula is C10H18N2O2S. The van der Waals surface area contributed by atoms with E-state index >= 15 is 0 Å². The van der Waals surface area contributed by atoms with Crippen LogP contribution in [0, 0.1) is 0 Å². The maximum absolute atomic E-state index is 11.3. The van der Waals surface area contributed by atoms with E-state index in [0.29, 0.717) is 6.04 Å². The van der Waals surface area contributed by atoms with Gasteiger partial charge in [-0.1, -0.05) is 31.9 Å². The number of nitrogens with one attached hydrogen (secondary N) is 1. The zero-order chi connectivity index (χ0) is 11.1. The lowest BCUT2D eigenvalue weighted by Crippen LogP contribution is -2.35. The van der Waals surface area contributed by atoms with Crippen LogP contribution in [0.25, 0.3) is 0 Å². The smallest absolute Gasteiger partial charge is 0.213 e. The van der Waals surface area contributed by atoms with Gasteiger partial charge in [-0.25, -0.2) is 8.42 Å². The molecule has 2 aliphatic rings. The van der Waals surface area contributed by atoms with Gasteiger partial charge in [-0.3, -0.25) is 5.32 Å². The fraction of sp³-hybridized carbons (Fsp3) is 0.800. The summed E-state index contributed by atoms with van der Waals surface area (Å²) in [5.41, 5.74) is 0. The standard InChI is InChI=1S/C10H18N2O2S/c1-3-4-5-8-6-7-9-10(11-8)12(9)15(2,13)14/h6-11H,3-5H2,1-2H3. The highest BCUT2D eigenvalue weighted by atomic mass is 32.2. The average molecular weight is 230 g/mol. The third kappa shape index (κ3) is 2.24. The predicted molar refractivity (Wildman–Crippen MR) is 59.8 cm³/mol. The average Bonchev–Trinajstić information content (AvgIpc) is 2.86. The van der Waals surface area contributed by atoms with Crippen molar-refractivity contribution >= 4 is 10.0 Å². The van der Waals surface area contributed by atoms with Crippen LogP contribution in [-0.2, 0) is 10.0 Å². The molecule has 5 heteroatoms. The summed E-state index contributed by atoms with van der Waals surface area (Å²) in [6.07, 6.45) is 8.85. The van der Waals surface area contributed by atoms with E-state index in [1.165, 1.54) is 23.4 Å². The van der Waals surface area contributed by atoms with Gasteiger partial charge in [-0.2, -0.15) is 4.31 Å². The van der Waals surface area contributed by atoms with E-state index in [-0.39, 0.29) is 12.2 Å². The number of hydrogen-bond donors (Lipinski definition) is 1. The first-order valence-corrected chi connectivity index (χ1v) is 7.31. The van der Waals surface area contributed by atoms with Crippen LogP contribution in [0.5, 0.6) is 0 Å². The molecule has 15 heavy (non-hydrogen) atoms. The normalized spacial score (nSPS) is 38.8. The second-order valence-corrected chi connectivity index (χ2v) is 6.22.